The third-order valence-electron chi connectivity index (χ3n) is 1.64. The van der Waals surface area contributed by atoms with Gasteiger partial charge in [-0.05, 0) is 12.3 Å². The fourth-order valence-corrected chi connectivity index (χ4v) is 0.938. The van der Waals surface area contributed by atoms with E-state index in [1.54, 1.807) is 6.08 Å². The van der Waals surface area contributed by atoms with Crippen molar-refractivity contribution in [2.24, 2.45) is 5.92 Å². The summed E-state index contributed by atoms with van der Waals surface area (Å²) in [6, 6.07) is 0. The Morgan fingerprint density at radius 1 is 1.31 bits per heavy atom. The number of rotatable bonds is 0. The SMILES string of the molecule is CC.CC1C=CC(C(F)(F)F)=CC1. The number of hydrogen-bond acceptors (Lipinski definition) is 0. The molecule has 0 N–H and O–H groups in total. The molecule has 0 heterocycles. The second-order valence-corrected chi connectivity index (χ2v) is 2.73. The molecule has 0 aliphatic heterocycles. The van der Waals surface area contributed by atoms with Crippen LogP contribution in [-0.4, -0.2) is 6.18 Å². The van der Waals surface area contributed by atoms with E-state index in [4.69, 9.17) is 0 Å². The lowest BCUT2D eigenvalue weighted by Crippen LogP contribution is -2.12. The first-order valence-electron chi connectivity index (χ1n) is 4.45. The minimum Gasteiger partial charge on any atom is -0.166 e. The molecule has 1 atom stereocenters. The van der Waals surface area contributed by atoms with Crippen LogP contribution in [0.4, 0.5) is 13.2 Å². The second kappa shape index (κ2) is 5.10. The summed E-state index contributed by atoms with van der Waals surface area (Å²) < 4.78 is 35.8. The largest absolute Gasteiger partial charge is 0.416 e. The standard InChI is InChI=1S/C8H9F3.C2H6/c1-6-2-4-7(5-3-6)8(9,10)11;1-2/h2,4-6H,3H2,1H3;1-2H3. The molecular weight excluding hydrogens is 177 g/mol. The van der Waals surface area contributed by atoms with E-state index in [1.165, 1.54) is 6.08 Å². The van der Waals surface area contributed by atoms with E-state index in [0.29, 0.717) is 6.42 Å². The summed E-state index contributed by atoms with van der Waals surface area (Å²) in [5.74, 6) is 0.237. The van der Waals surface area contributed by atoms with Gasteiger partial charge >= 0.3 is 6.18 Å². The van der Waals surface area contributed by atoms with Gasteiger partial charge in [0.2, 0.25) is 0 Å². The molecule has 1 unspecified atom stereocenters. The van der Waals surface area contributed by atoms with Gasteiger partial charge in [-0.2, -0.15) is 13.2 Å². The quantitative estimate of drug-likeness (QED) is 0.542. The van der Waals surface area contributed by atoms with Crippen LogP contribution in [0.5, 0.6) is 0 Å². The van der Waals surface area contributed by atoms with Gasteiger partial charge in [-0.1, -0.05) is 39.0 Å². The first-order chi connectivity index (χ1) is 6.00. The van der Waals surface area contributed by atoms with E-state index < -0.39 is 11.7 Å². The highest BCUT2D eigenvalue weighted by atomic mass is 19.4. The molecule has 76 valence electrons. The first kappa shape index (κ1) is 12.3. The smallest absolute Gasteiger partial charge is 0.166 e. The van der Waals surface area contributed by atoms with Crippen molar-refractivity contribution in [3.8, 4) is 0 Å². The fourth-order valence-electron chi connectivity index (χ4n) is 0.938. The molecule has 0 radical (unpaired) electrons. The lowest BCUT2D eigenvalue weighted by atomic mass is 9.98. The summed E-state index contributed by atoms with van der Waals surface area (Å²) in [7, 11) is 0. The van der Waals surface area contributed by atoms with Crippen LogP contribution in [0.25, 0.3) is 0 Å². The highest BCUT2D eigenvalue weighted by Crippen LogP contribution is 2.30. The van der Waals surface area contributed by atoms with Crippen molar-refractivity contribution in [2.45, 2.75) is 33.4 Å². The third kappa shape index (κ3) is 4.15. The van der Waals surface area contributed by atoms with Gasteiger partial charge in [0.15, 0.2) is 0 Å². The summed E-state index contributed by atoms with van der Waals surface area (Å²) in [6.45, 7) is 5.89. The molecule has 13 heavy (non-hydrogen) atoms. The monoisotopic (exact) mass is 192 g/mol. The molecule has 0 amide bonds. The van der Waals surface area contributed by atoms with Crippen LogP contribution in [-0.2, 0) is 0 Å². The minimum absolute atomic E-state index is 0.237. The molecule has 0 aromatic heterocycles. The molecule has 0 fully saturated rings. The van der Waals surface area contributed by atoms with E-state index in [9.17, 15) is 13.2 Å². The summed E-state index contributed by atoms with van der Waals surface area (Å²) in [5.41, 5.74) is -0.518. The van der Waals surface area contributed by atoms with Crippen molar-refractivity contribution < 1.29 is 13.2 Å². The Hall–Kier alpha value is -0.730. The fraction of sp³-hybridized carbons (Fsp3) is 0.600. The molecule has 0 saturated heterocycles. The van der Waals surface area contributed by atoms with Gasteiger partial charge in [-0.3, -0.25) is 0 Å². The number of allylic oxidation sites excluding steroid dienone is 4. The average molecular weight is 192 g/mol. The van der Waals surface area contributed by atoms with Crippen molar-refractivity contribution in [2.75, 3.05) is 0 Å². The first-order valence-corrected chi connectivity index (χ1v) is 4.45. The molecule has 1 rings (SSSR count). The summed E-state index contributed by atoms with van der Waals surface area (Å²) in [5, 5.41) is 0. The third-order valence-corrected chi connectivity index (χ3v) is 1.64. The highest BCUT2D eigenvalue weighted by Gasteiger charge is 2.32. The Morgan fingerprint density at radius 2 is 1.85 bits per heavy atom. The summed E-state index contributed by atoms with van der Waals surface area (Å²) >= 11 is 0. The van der Waals surface area contributed by atoms with E-state index in [0.717, 1.165) is 6.08 Å². The Balaban J connectivity index is 0.000000671. The lowest BCUT2D eigenvalue weighted by Gasteiger charge is -2.13. The van der Waals surface area contributed by atoms with Crippen molar-refractivity contribution >= 4 is 0 Å². The van der Waals surface area contributed by atoms with E-state index in [2.05, 4.69) is 0 Å². The van der Waals surface area contributed by atoms with E-state index in [-0.39, 0.29) is 5.92 Å². The van der Waals surface area contributed by atoms with Gasteiger partial charge in [-0.15, -0.1) is 0 Å². The number of alkyl halides is 3. The zero-order chi connectivity index (χ0) is 10.5. The van der Waals surface area contributed by atoms with Crippen LogP contribution in [0, 0.1) is 5.92 Å². The zero-order valence-corrected chi connectivity index (χ0v) is 8.15. The highest BCUT2D eigenvalue weighted by molar-refractivity contribution is 5.27. The van der Waals surface area contributed by atoms with E-state index >= 15 is 0 Å². The molecule has 1 aliphatic carbocycles. The molecular formula is C10H15F3. The number of halogens is 3. The molecule has 0 saturated carbocycles. The van der Waals surface area contributed by atoms with Gasteiger partial charge in [0.25, 0.3) is 0 Å². The van der Waals surface area contributed by atoms with Crippen molar-refractivity contribution in [3.05, 3.63) is 23.8 Å². The van der Waals surface area contributed by atoms with Crippen LogP contribution in [0.3, 0.4) is 0 Å². The molecule has 0 bridgehead atoms. The van der Waals surface area contributed by atoms with Crippen LogP contribution in [0.15, 0.2) is 23.8 Å². The van der Waals surface area contributed by atoms with Crippen molar-refractivity contribution in [1.29, 1.82) is 0 Å². The minimum atomic E-state index is -4.17. The lowest BCUT2D eigenvalue weighted by molar-refractivity contribution is -0.0887. The van der Waals surface area contributed by atoms with Gasteiger partial charge in [-0.25, -0.2) is 0 Å². The van der Waals surface area contributed by atoms with Crippen molar-refractivity contribution in [3.63, 3.8) is 0 Å². The topological polar surface area (TPSA) is 0 Å². The van der Waals surface area contributed by atoms with E-state index in [1.807, 2.05) is 20.8 Å². The van der Waals surface area contributed by atoms with Crippen LogP contribution in [0.1, 0.15) is 27.2 Å². The Bertz CT molecular complexity index is 199. The van der Waals surface area contributed by atoms with Crippen LogP contribution >= 0.6 is 0 Å². The average Bonchev–Trinajstić information content (AvgIpc) is 2.07. The summed E-state index contributed by atoms with van der Waals surface area (Å²) in [6.07, 6.45) is 0.295. The number of hydrogen-bond donors (Lipinski definition) is 0. The molecule has 3 heteroatoms. The molecule has 1 aliphatic rings. The molecule has 0 nitrogen and oxygen atoms in total. The normalized spacial score (nSPS) is 21.7. The Labute approximate surface area is 77.1 Å². The maximum atomic E-state index is 11.9. The van der Waals surface area contributed by atoms with Crippen molar-refractivity contribution in [1.82, 2.24) is 0 Å². The van der Waals surface area contributed by atoms with Crippen LogP contribution < -0.4 is 0 Å². The molecule has 0 aromatic carbocycles. The maximum absolute atomic E-state index is 11.9. The summed E-state index contributed by atoms with van der Waals surface area (Å²) in [4.78, 5) is 0. The van der Waals surface area contributed by atoms with Gasteiger partial charge < -0.3 is 0 Å². The Kier molecular flexibility index (Phi) is 4.81. The second-order valence-electron chi connectivity index (χ2n) is 2.73. The predicted molar refractivity (Wildman–Crippen MR) is 48.4 cm³/mol. The molecule has 0 spiro atoms. The van der Waals surface area contributed by atoms with Gasteiger partial charge in [0.05, 0.1) is 5.57 Å². The Morgan fingerprint density at radius 3 is 2.15 bits per heavy atom. The van der Waals surface area contributed by atoms with Gasteiger partial charge in [0.1, 0.15) is 0 Å². The van der Waals surface area contributed by atoms with Crippen LogP contribution in [0.2, 0.25) is 0 Å². The zero-order valence-electron chi connectivity index (χ0n) is 8.15. The predicted octanol–water partition coefficient (Wildman–Crippen LogP) is 4.10. The van der Waals surface area contributed by atoms with Gasteiger partial charge in [0, 0.05) is 0 Å². The molecule has 0 aromatic rings. The maximum Gasteiger partial charge on any atom is 0.416 e.